The molecule has 0 radical (unpaired) electrons. The third-order valence-corrected chi connectivity index (χ3v) is 6.12. The number of hydrogen-bond donors (Lipinski definition) is 2. The van der Waals surface area contributed by atoms with E-state index in [2.05, 4.69) is 10.3 Å². The Bertz CT molecular complexity index is 1070. The maximum absolute atomic E-state index is 13.2. The van der Waals surface area contributed by atoms with Crippen molar-refractivity contribution >= 4 is 34.5 Å². The van der Waals surface area contributed by atoms with Crippen LogP contribution in [0.25, 0.3) is 10.9 Å². The molecule has 0 saturated carbocycles. The molecule has 1 aliphatic rings. The first-order chi connectivity index (χ1) is 14.6. The van der Waals surface area contributed by atoms with Gasteiger partial charge in [-0.05, 0) is 17.7 Å². The normalized spacial score (nSPS) is 15.9. The molecule has 1 fully saturated rings. The summed E-state index contributed by atoms with van der Waals surface area (Å²) in [5.74, 6) is 1.93. The molecular weight excluding hydrogens is 402 g/mol. The summed E-state index contributed by atoms with van der Waals surface area (Å²) in [7, 11) is 3.15. The molecule has 0 bridgehead atoms. The van der Waals surface area contributed by atoms with Gasteiger partial charge in [-0.3, -0.25) is 9.59 Å². The number of ether oxygens (including phenoxy) is 2. The van der Waals surface area contributed by atoms with E-state index < -0.39 is 6.04 Å². The van der Waals surface area contributed by atoms with E-state index in [0.717, 1.165) is 16.5 Å². The average Bonchev–Trinajstić information content (AvgIpc) is 3.44. The van der Waals surface area contributed by atoms with Gasteiger partial charge < -0.3 is 24.7 Å². The number of aromatic amines is 1. The zero-order chi connectivity index (χ0) is 21.1. The van der Waals surface area contributed by atoms with Gasteiger partial charge in [-0.1, -0.05) is 30.3 Å². The average molecular weight is 426 g/mol. The van der Waals surface area contributed by atoms with Gasteiger partial charge >= 0.3 is 0 Å². The van der Waals surface area contributed by atoms with Gasteiger partial charge in [0.25, 0.3) is 5.91 Å². The lowest BCUT2D eigenvalue weighted by molar-refractivity contribution is -0.124. The molecule has 1 saturated heterocycles. The van der Waals surface area contributed by atoms with Crippen molar-refractivity contribution in [3.05, 3.63) is 59.8 Å². The highest BCUT2D eigenvalue weighted by molar-refractivity contribution is 7.99. The van der Waals surface area contributed by atoms with Crippen LogP contribution in [0.4, 0.5) is 0 Å². The molecule has 1 aliphatic heterocycles. The zero-order valence-corrected chi connectivity index (χ0v) is 17.6. The Hall–Kier alpha value is -3.13. The van der Waals surface area contributed by atoms with E-state index in [1.165, 1.54) is 0 Å². The Kier molecular flexibility index (Phi) is 5.85. The van der Waals surface area contributed by atoms with Crippen LogP contribution in [0, 0.1) is 0 Å². The lowest BCUT2D eigenvalue weighted by Crippen LogP contribution is -2.47. The monoisotopic (exact) mass is 425 g/mol. The van der Waals surface area contributed by atoms with Crippen LogP contribution >= 0.6 is 11.8 Å². The number of fused-ring (bicyclic) bond motifs is 1. The Morgan fingerprint density at radius 1 is 1.17 bits per heavy atom. The summed E-state index contributed by atoms with van der Waals surface area (Å²) >= 11 is 1.57. The molecule has 2 aromatic carbocycles. The summed E-state index contributed by atoms with van der Waals surface area (Å²) in [4.78, 5) is 30.7. The summed E-state index contributed by atoms with van der Waals surface area (Å²) in [5.41, 5.74) is 2.16. The van der Waals surface area contributed by atoms with E-state index in [-0.39, 0.29) is 11.8 Å². The summed E-state index contributed by atoms with van der Waals surface area (Å²) in [6.45, 7) is 0.437. The molecule has 156 valence electrons. The third kappa shape index (κ3) is 3.95. The first-order valence-electron chi connectivity index (χ1n) is 9.56. The molecule has 2 heterocycles. The van der Waals surface area contributed by atoms with Gasteiger partial charge in [0, 0.05) is 23.8 Å². The summed E-state index contributed by atoms with van der Waals surface area (Å²) in [6, 6.07) is 14.6. The highest BCUT2D eigenvalue weighted by atomic mass is 32.2. The van der Waals surface area contributed by atoms with E-state index in [4.69, 9.17) is 9.47 Å². The Labute approximate surface area is 178 Å². The van der Waals surface area contributed by atoms with E-state index in [1.807, 2.05) is 36.4 Å². The highest BCUT2D eigenvalue weighted by Gasteiger charge is 2.35. The van der Waals surface area contributed by atoms with E-state index in [9.17, 15) is 9.59 Å². The fourth-order valence-electron chi connectivity index (χ4n) is 3.50. The van der Waals surface area contributed by atoms with Crippen molar-refractivity contribution in [3.63, 3.8) is 0 Å². The zero-order valence-electron chi connectivity index (χ0n) is 16.8. The quantitative estimate of drug-likeness (QED) is 0.634. The van der Waals surface area contributed by atoms with Crippen molar-refractivity contribution in [2.75, 3.05) is 25.8 Å². The number of aromatic nitrogens is 1. The smallest absolute Gasteiger partial charge is 0.271 e. The SMILES string of the molecule is COc1cc(OC)c2[nH]c(C(=O)N3CSC[C@@H]3C(=O)NCc3ccccc3)cc2c1. The lowest BCUT2D eigenvalue weighted by Gasteiger charge is -2.22. The Balaban J connectivity index is 1.52. The topological polar surface area (TPSA) is 83.7 Å². The van der Waals surface area contributed by atoms with Crippen molar-refractivity contribution in [1.82, 2.24) is 15.2 Å². The van der Waals surface area contributed by atoms with Crippen LogP contribution in [-0.2, 0) is 11.3 Å². The Morgan fingerprint density at radius 3 is 2.70 bits per heavy atom. The molecular formula is C22H23N3O4S. The van der Waals surface area contributed by atoms with Gasteiger partial charge in [-0.15, -0.1) is 11.8 Å². The number of methoxy groups -OCH3 is 2. The highest BCUT2D eigenvalue weighted by Crippen LogP contribution is 2.32. The van der Waals surface area contributed by atoms with Crippen LogP contribution < -0.4 is 14.8 Å². The second-order valence-corrected chi connectivity index (χ2v) is 7.97. The fourth-order valence-corrected chi connectivity index (χ4v) is 4.65. The predicted molar refractivity (Wildman–Crippen MR) is 117 cm³/mol. The first-order valence-corrected chi connectivity index (χ1v) is 10.7. The van der Waals surface area contributed by atoms with Crippen molar-refractivity contribution in [3.8, 4) is 11.5 Å². The molecule has 3 aromatic rings. The van der Waals surface area contributed by atoms with Crippen molar-refractivity contribution in [2.45, 2.75) is 12.6 Å². The molecule has 30 heavy (non-hydrogen) atoms. The molecule has 0 aliphatic carbocycles. The largest absolute Gasteiger partial charge is 0.497 e. The third-order valence-electron chi connectivity index (χ3n) is 5.11. The van der Waals surface area contributed by atoms with Crippen LogP contribution in [-0.4, -0.2) is 53.6 Å². The summed E-state index contributed by atoms with van der Waals surface area (Å²) < 4.78 is 10.7. The summed E-state index contributed by atoms with van der Waals surface area (Å²) in [5, 5.41) is 3.76. The number of rotatable bonds is 6. The standard InChI is InChI=1S/C22H23N3O4S/c1-28-16-8-15-9-17(24-20(15)19(10-16)29-2)22(27)25-13-30-12-18(25)21(26)23-11-14-6-4-3-5-7-14/h3-10,18,24H,11-13H2,1-2H3,(H,23,26)/t18-/m1/s1. The fraction of sp³-hybridized carbons (Fsp3) is 0.273. The van der Waals surface area contributed by atoms with E-state index >= 15 is 0 Å². The molecule has 1 aromatic heterocycles. The minimum Gasteiger partial charge on any atom is -0.497 e. The van der Waals surface area contributed by atoms with Crippen LogP contribution in [0.3, 0.4) is 0 Å². The molecule has 4 rings (SSSR count). The molecule has 8 heteroatoms. The minimum atomic E-state index is -0.506. The maximum atomic E-state index is 13.2. The van der Waals surface area contributed by atoms with Crippen molar-refractivity contribution in [2.24, 2.45) is 0 Å². The van der Waals surface area contributed by atoms with Gasteiger partial charge in [0.15, 0.2) is 0 Å². The number of carbonyl (C=O) groups excluding carboxylic acids is 2. The minimum absolute atomic E-state index is 0.146. The molecule has 7 nitrogen and oxygen atoms in total. The van der Waals surface area contributed by atoms with Gasteiger partial charge in [-0.2, -0.15) is 0 Å². The summed E-state index contributed by atoms with van der Waals surface area (Å²) in [6.07, 6.45) is 0. The number of nitrogens with one attached hydrogen (secondary N) is 2. The molecule has 1 atom stereocenters. The van der Waals surface area contributed by atoms with Crippen LogP contribution in [0.1, 0.15) is 16.1 Å². The lowest BCUT2D eigenvalue weighted by atomic mass is 10.2. The molecule has 2 amide bonds. The van der Waals surface area contributed by atoms with E-state index in [0.29, 0.717) is 35.4 Å². The molecule has 0 spiro atoms. The number of thioether (sulfide) groups is 1. The van der Waals surface area contributed by atoms with Gasteiger partial charge in [0.1, 0.15) is 23.2 Å². The molecule has 0 unspecified atom stereocenters. The predicted octanol–water partition coefficient (Wildman–Crippen LogP) is 3.02. The number of H-pyrrole nitrogens is 1. The number of hydrogen-bond acceptors (Lipinski definition) is 5. The number of carbonyl (C=O) groups is 2. The first kappa shape index (κ1) is 20.2. The van der Waals surface area contributed by atoms with Gasteiger partial charge in [-0.25, -0.2) is 0 Å². The maximum Gasteiger partial charge on any atom is 0.271 e. The van der Waals surface area contributed by atoms with Crippen molar-refractivity contribution < 1.29 is 19.1 Å². The van der Waals surface area contributed by atoms with E-state index in [1.54, 1.807) is 43.0 Å². The van der Waals surface area contributed by atoms with Crippen molar-refractivity contribution in [1.29, 1.82) is 0 Å². The van der Waals surface area contributed by atoms with Crippen LogP contribution in [0.15, 0.2) is 48.5 Å². The second kappa shape index (κ2) is 8.71. The number of amides is 2. The van der Waals surface area contributed by atoms with Crippen LogP contribution in [0.2, 0.25) is 0 Å². The van der Waals surface area contributed by atoms with Crippen LogP contribution in [0.5, 0.6) is 11.5 Å². The van der Waals surface area contributed by atoms with Gasteiger partial charge in [0.05, 0.1) is 25.6 Å². The Morgan fingerprint density at radius 2 is 1.97 bits per heavy atom. The second-order valence-electron chi connectivity index (χ2n) is 6.97. The molecule has 2 N–H and O–H groups in total. The number of nitrogens with zero attached hydrogens (tertiary/aromatic N) is 1. The van der Waals surface area contributed by atoms with Gasteiger partial charge in [0.2, 0.25) is 5.91 Å². The number of benzene rings is 2.